The Morgan fingerprint density at radius 3 is 3.00 bits per heavy atom. The lowest BCUT2D eigenvalue weighted by Gasteiger charge is -2.16. The second kappa shape index (κ2) is 9.41. The largest absolute Gasteiger partial charge is 0.405 e. The Kier molecular flexibility index (Phi) is 6.36. The van der Waals surface area contributed by atoms with Gasteiger partial charge in [-0.05, 0) is 12.8 Å². The summed E-state index contributed by atoms with van der Waals surface area (Å²) in [5, 5.41) is 25.8. The molecule has 0 saturated carbocycles. The number of urea groups is 1. The smallest absolute Gasteiger partial charge is 0.315 e. The zero-order chi connectivity index (χ0) is 22.9. The summed E-state index contributed by atoms with van der Waals surface area (Å²) in [6.45, 7) is -0.190. The van der Waals surface area contributed by atoms with Crippen molar-refractivity contribution < 1.29 is 29.3 Å². The first-order valence-corrected chi connectivity index (χ1v) is 12.1. The topological polar surface area (TPSA) is 161 Å². The van der Waals surface area contributed by atoms with Gasteiger partial charge in [0.15, 0.2) is 17.4 Å². The number of ether oxygens (including phenoxy) is 2. The van der Waals surface area contributed by atoms with Crippen LogP contribution in [0, 0.1) is 0 Å². The van der Waals surface area contributed by atoms with Crippen LogP contribution in [-0.4, -0.2) is 83.6 Å². The van der Waals surface area contributed by atoms with Gasteiger partial charge in [0.05, 0.1) is 31.1 Å². The second-order valence-electron chi connectivity index (χ2n) is 8.48. The first kappa shape index (κ1) is 22.3. The van der Waals surface area contributed by atoms with Crippen LogP contribution in [-0.2, 0) is 9.53 Å². The fraction of sp³-hybridized carbons (Fsp3) is 0.650. The van der Waals surface area contributed by atoms with Gasteiger partial charge >= 0.3 is 12.0 Å². The zero-order valence-electron chi connectivity index (χ0n) is 17.8. The van der Waals surface area contributed by atoms with Crippen LogP contribution in [0.15, 0.2) is 12.7 Å². The highest BCUT2D eigenvalue weighted by molar-refractivity contribution is 8.00. The number of nitrogens with zero attached hydrogens (tertiary/aromatic N) is 4. The van der Waals surface area contributed by atoms with E-state index in [2.05, 4.69) is 25.6 Å². The summed E-state index contributed by atoms with van der Waals surface area (Å²) in [7, 11) is 0. The molecular formula is C20H26N6O6S. The number of amides is 2. The summed E-state index contributed by atoms with van der Waals surface area (Å²) < 4.78 is 12.7. The second-order valence-corrected chi connectivity index (χ2v) is 9.75. The number of carbonyl (C=O) groups excluding carboxylic acids is 2. The molecule has 1 unspecified atom stereocenters. The van der Waals surface area contributed by atoms with Crippen LogP contribution in [0.2, 0.25) is 0 Å². The molecule has 3 aliphatic rings. The van der Waals surface area contributed by atoms with Gasteiger partial charge in [0.2, 0.25) is 0 Å². The molecule has 2 amide bonds. The number of hydrogen-bond acceptors (Lipinski definition) is 10. The van der Waals surface area contributed by atoms with Crippen molar-refractivity contribution in [2.24, 2.45) is 0 Å². The van der Waals surface area contributed by atoms with Crippen LogP contribution >= 0.6 is 11.8 Å². The van der Waals surface area contributed by atoms with Crippen LogP contribution in [0.1, 0.15) is 38.3 Å². The summed E-state index contributed by atoms with van der Waals surface area (Å²) in [5.74, 6) is 0.564. The van der Waals surface area contributed by atoms with Crippen LogP contribution in [0.25, 0.3) is 11.2 Å². The van der Waals surface area contributed by atoms with E-state index in [0.29, 0.717) is 29.3 Å². The Balaban J connectivity index is 1.15. The van der Waals surface area contributed by atoms with Gasteiger partial charge < -0.3 is 30.3 Å². The molecule has 5 heterocycles. The maximum atomic E-state index is 12.4. The molecule has 0 aliphatic carbocycles. The van der Waals surface area contributed by atoms with Crippen molar-refractivity contribution >= 4 is 34.9 Å². The van der Waals surface area contributed by atoms with Gasteiger partial charge in [-0.15, -0.1) is 0 Å². The molecule has 178 valence electrons. The number of aliphatic hydroxyl groups excluding tert-OH is 2. The Bertz CT molecular complexity index is 1040. The predicted octanol–water partition coefficient (Wildman–Crippen LogP) is 0.0982. The monoisotopic (exact) mass is 478 g/mol. The van der Waals surface area contributed by atoms with Gasteiger partial charge in [0.25, 0.3) is 5.88 Å². The minimum absolute atomic E-state index is 0.0591. The van der Waals surface area contributed by atoms with Crippen molar-refractivity contribution in [1.29, 1.82) is 0 Å². The van der Waals surface area contributed by atoms with E-state index in [-0.39, 0.29) is 37.0 Å². The van der Waals surface area contributed by atoms with Crippen molar-refractivity contribution in [3.05, 3.63) is 12.7 Å². The number of nitrogens with one attached hydrogen (secondary N) is 2. The molecule has 3 aliphatic heterocycles. The minimum atomic E-state index is -0.817. The maximum absolute atomic E-state index is 12.4. The molecule has 0 radical (unpaired) electrons. The first-order chi connectivity index (χ1) is 16.0. The van der Waals surface area contributed by atoms with Crippen molar-refractivity contribution in [3.8, 4) is 5.88 Å². The molecule has 3 saturated heterocycles. The molecule has 0 aromatic carbocycles. The number of fused-ring (bicyclic) bond motifs is 2. The van der Waals surface area contributed by atoms with Gasteiger partial charge in [-0.2, -0.15) is 16.7 Å². The molecule has 2 aromatic heterocycles. The lowest BCUT2D eigenvalue weighted by atomic mass is 10.0. The molecule has 5 rings (SSSR count). The van der Waals surface area contributed by atoms with Gasteiger partial charge in [-0.1, -0.05) is 6.42 Å². The SMILES string of the molecule is O=C1N[C@H]2[C@H](CS[C@H]2CCCCC(=O)Oc2ncnc3c2ncn3[C@@H]2O[C@H](CO)CC2O)N1. The van der Waals surface area contributed by atoms with Crippen molar-refractivity contribution in [2.45, 2.75) is 67.9 Å². The number of aromatic nitrogens is 4. The normalized spacial score (nSPS) is 30.9. The number of rotatable bonds is 8. The molecule has 4 N–H and O–H groups in total. The molecule has 3 fully saturated rings. The highest BCUT2D eigenvalue weighted by Gasteiger charge is 2.42. The van der Waals surface area contributed by atoms with Gasteiger partial charge in [0.1, 0.15) is 12.4 Å². The molecule has 2 aromatic rings. The van der Waals surface area contributed by atoms with Gasteiger partial charge in [0, 0.05) is 23.8 Å². The van der Waals surface area contributed by atoms with E-state index in [1.54, 1.807) is 4.57 Å². The Morgan fingerprint density at radius 1 is 1.30 bits per heavy atom. The van der Waals surface area contributed by atoms with E-state index in [9.17, 15) is 19.8 Å². The van der Waals surface area contributed by atoms with E-state index in [1.807, 2.05) is 11.8 Å². The number of hydrogen-bond donors (Lipinski definition) is 4. The van der Waals surface area contributed by atoms with Crippen LogP contribution < -0.4 is 15.4 Å². The first-order valence-electron chi connectivity index (χ1n) is 11.0. The minimum Gasteiger partial charge on any atom is -0.405 e. The fourth-order valence-electron chi connectivity index (χ4n) is 4.61. The average Bonchev–Trinajstić information content (AvgIpc) is 3.55. The van der Waals surface area contributed by atoms with Crippen LogP contribution in [0.5, 0.6) is 5.88 Å². The van der Waals surface area contributed by atoms with E-state index in [4.69, 9.17) is 9.47 Å². The van der Waals surface area contributed by atoms with E-state index >= 15 is 0 Å². The summed E-state index contributed by atoms with van der Waals surface area (Å²) in [6.07, 6.45) is 3.69. The number of imidazole rings is 1. The molecule has 12 nitrogen and oxygen atoms in total. The summed E-state index contributed by atoms with van der Waals surface area (Å²) >= 11 is 1.85. The summed E-state index contributed by atoms with van der Waals surface area (Å²) in [6, 6.07) is 0.260. The van der Waals surface area contributed by atoms with E-state index in [0.717, 1.165) is 18.6 Å². The lowest BCUT2D eigenvalue weighted by Crippen LogP contribution is -2.36. The number of thioether (sulfide) groups is 1. The molecule has 0 spiro atoms. The zero-order valence-corrected chi connectivity index (χ0v) is 18.6. The molecule has 6 atom stereocenters. The Morgan fingerprint density at radius 2 is 2.18 bits per heavy atom. The fourth-order valence-corrected chi connectivity index (χ4v) is 6.15. The third-order valence-corrected chi connectivity index (χ3v) is 7.75. The van der Waals surface area contributed by atoms with Crippen LogP contribution in [0.3, 0.4) is 0 Å². The number of unbranched alkanes of at least 4 members (excludes halogenated alkanes) is 1. The van der Waals surface area contributed by atoms with Crippen LogP contribution in [0.4, 0.5) is 4.79 Å². The predicted molar refractivity (Wildman–Crippen MR) is 117 cm³/mol. The molecular weight excluding hydrogens is 452 g/mol. The Hall–Kier alpha value is -2.48. The molecule has 33 heavy (non-hydrogen) atoms. The highest BCUT2D eigenvalue weighted by atomic mass is 32.2. The third-order valence-electron chi connectivity index (χ3n) is 6.24. The average molecular weight is 479 g/mol. The third kappa shape index (κ3) is 4.50. The molecule has 0 bridgehead atoms. The number of carbonyl (C=O) groups is 2. The number of aliphatic hydroxyl groups is 2. The maximum Gasteiger partial charge on any atom is 0.315 e. The van der Waals surface area contributed by atoms with Crippen molar-refractivity contribution in [1.82, 2.24) is 30.2 Å². The number of esters is 1. The van der Waals surface area contributed by atoms with Crippen molar-refractivity contribution in [3.63, 3.8) is 0 Å². The lowest BCUT2D eigenvalue weighted by molar-refractivity contribution is -0.134. The van der Waals surface area contributed by atoms with Gasteiger partial charge in [-0.3, -0.25) is 9.36 Å². The summed E-state index contributed by atoms with van der Waals surface area (Å²) in [4.78, 5) is 36.4. The highest BCUT2D eigenvalue weighted by Crippen LogP contribution is 2.34. The standard InChI is InChI=1S/C20H26N6O6S/c27-6-10-5-12(28)19(31-10)26-9-23-16-17(26)21-8-22-18(16)32-14(29)4-2-1-3-13-15-11(7-33-13)24-20(30)25-15/h8-13,15,19,27-28H,1-7H2,(H2,24,25,30)/t10-,11-,12?,13-,15-,19+/m0/s1. The quantitative estimate of drug-likeness (QED) is 0.233. The molecule has 13 heteroatoms. The Labute approximate surface area is 193 Å². The summed E-state index contributed by atoms with van der Waals surface area (Å²) in [5.41, 5.74) is 0.669. The van der Waals surface area contributed by atoms with E-state index < -0.39 is 24.4 Å². The van der Waals surface area contributed by atoms with E-state index in [1.165, 1.54) is 12.7 Å². The van der Waals surface area contributed by atoms with Gasteiger partial charge in [-0.25, -0.2) is 14.8 Å². The van der Waals surface area contributed by atoms with Crippen molar-refractivity contribution in [2.75, 3.05) is 12.4 Å².